The van der Waals surface area contributed by atoms with E-state index >= 15 is 0 Å². The summed E-state index contributed by atoms with van der Waals surface area (Å²) >= 11 is 0. The van der Waals surface area contributed by atoms with E-state index in [1.165, 1.54) is 0 Å². The van der Waals surface area contributed by atoms with E-state index in [1.54, 1.807) is 0 Å². The van der Waals surface area contributed by atoms with Crippen LogP contribution in [-0.2, 0) is 20.0 Å². The summed E-state index contributed by atoms with van der Waals surface area (Å²) in [5.74, 6) is -2.51. The van der Waals surface area contributed by atoms with Crippen molar-refractivity contribution < 1.29 is 37.3 Å². The van der Waals surface area contributed by atoms with E-state index in [1.807, 2.05) is 0 Å². The maximum Gasteiger partial charge on any atom is 0.394 e. The van der Waals surface area contributed by atoms with Crippen molar-refractivity contribution >= 4 is 34.7 Å². The lowest BCUT2D eigenvalue weighted by Gasteiger charge is -1.74. The Balaban J connectivity index is -0.000000177. The Morgan fingerprint density at radius 3 is 1.14 bits per heavy atom. The number of aliphatic carboxylic acids is 2. The van der Waals surface area contributed by atoms with Crippen LogP contribution in [0.15, 0.2) is 12.2 Å². The van der Waals surface area contributed by atoms with Crippen LogP contribution in [0.25, 0.3) is 0 Å². The van der Waals surface area contributed by atoms with Crippen LogP contribution in [0.2, 0.25) is 0 Å². The van der Waals surface area contributed by atoms with E-state index in [-0.39, 0.29) is 12.4 Å². The highest BCUT2D eigenvalue weighted by Crippen LogP contribution is 1.70. The summed E-state index contributed by atoms with van der Waals surface area (Å²) < 4.78 is 31.6. The van der Waals surface area contributed by atoms with Gasteiger partial charge in [-0.05, 0) is 0 Å². The van der Waals surface area contributed by atoms with Crippen LogP contribution in [0.3, 0.4) is 0 Å². The van der Waals surface area contributed by atoms with Crippen molar-refractivity contribution in [3.63, 3.8) is 0 Å². The third-order valence-corrected chi connectivity index (χ3v) is 0.368. The number of carboxylic acids is 2. The van der Waals surface area contributed by atoms with E-state index in [2.05, 4.69) is 0 Å². The highest BCUT2D eigenvalue weighted by Gasteiger charge is 1.88. The van der Waals surface area contributed by atoms with Crippen LogP contribution in [0.5, 0.6) is 0 Å². The molecule has 10 heteroatoms. The van der Waals surface area contributed by atoms with Crippen molar-refractivity contribution in [2.45, 2.75) is 0 Å². The van der Waals surface area contributed by atoms with Crippen LogP contribution < -0.4 is 0 Å². The van der Waals surface area contributed by atoms with Crippen molar-refractivity contribution in [1.29, 1.82) is 0 Å². The molecule has 0 radical (unpaired) electrons. The number of halogens is 1. The van der Waals surface area contributed by atoms with Gasteiger partial charge in [-0.1, -0.05) is 0 Å². The zero-order chi connectivity index (χ0) is 11.1. The molecule has 0 bridgehead atoms. The van der Waals surface area contributed by atoms with Gasteiger partial charge in [-0.2, -0.15) is 8.42 Å². The number of hydrogen-bond donors (Lipinski definition) is 4. The summed E-state index contributed by atoms with van der Waals surface area (Å²) in [6.07, 6.45) is 1.12. The monoisotopic (exact) mass is 250 g/mol. The van der Waals surface area contributed by atoms with Gasteiger partial charge in [0.1, 0.15) is 0 Å². The number of carboxylic acid groups (broad SMARTS) is 2. The molecular formula is C4H7ClO8S. The Labute approximate surface area is 84.8 Å². The highest BCUT2D eigenvalue weighted by molar-refractivity contribution is 7.79. The van der Waals surface area contributed by atoms with Gasteiger partial charge in [-0.3, -0.25) is 9.11 Å². The lowest BCUT2D eigenvalue weighted by molar-refractivity contribution is -0.134. The van der Waals surface area contributed by atoms with E-state index in [0.29, 0.717) is 12.2 Å². The van der Waals surface area contributed by atoms with E-state index in [9.17, 15) is 9.59 Å². The molecule has 0 aromatic heterocycles. The zero-order valence-electron chi connectivity index (χ0n) is 6.39. The number of hydrogen-bond acceptors (Lipinski definition) is 4. The molecule has 0 fully saturated rings. The van der Waals surface area contributed by atoms with Gasteiger partial charge >= 0.3 is 22.3 Å². The predicted octanol–water partition coefficient (Wildman–Crippen LogP) is -0.519. The average molecular weight is 251 g/mol. The van der Waals surface area contributed by atoms with Crippen LogP contribution in [0.4, 0.5) is 0 Å². The van der Waals surface area contributed by atoms with Gasteiger partial charge in [-0.25, -0.2) is 9.59 Å². The van der Waals surface area contributed by atoms with Crippen molar-refractivity contribution in [1.82, 2.24) is 0 Å². The Kier molecular flexibility index (Phi) is 11.2. The van der Waals surface area contributed by atoms with Gasteiger partial charge in [0.2, 0.25) is 0 Å². The van der Waals surface area contributed by atoms with Crippen molar-refractivity contribution in [3.05, 3.63) is 12.2 Å². The lowest BCUT2D eigenvalue weighted by atomic mass is 10.5. The lowest BCUT2D eigenvalue weighted by Crippen LogP contribution is -1.91. The maximum absolute atomic E-state index is 9.55. The minimum Gasteiger partial charge on any atom is -0.478 e. The second-order valence-electron chi connectivity index (χ2n) is 1.46. The third-order valence-electron chi connectivity index (χ3n) is 0.368. The fourth-order valence-electron chi connectivity index (χ4n) is 0.143. The Hall–Kier alpha value is -1.16. The Bertz CT molecular complexity index is 279. The molecule has 0 heterocycles. The van der Waals surface area contributed by atoms with Crippen molar-refractivity contribution in [3.8, 4) is 0 Å². The molecule has 8 nitrogen and oxygen atoms in total. The van der Waals surface area contributed by atoms with E-state index in [0.717, 1.165) is 0 Å². The van der Waals surface area contributed by atoms with Gasteiger partial charge in [0.05, 0.1) is 0 Å². The molecule has 0 aromatic rings. The molecule has 0 aliphatic rings. The van der Waals surface area contributed by atoms with Gasteiger partial charge in [-0.15, -0.1) is 12.4 Å². The Morgan fingerprint density at radius 1 is 0.929 bits per heavy atom. The summed E-state index contributed by atoms with van der Waals surface area (Å²) in [5.41, 5.74) is 0. The first-order valence-electron chi connectivity index (χ1n) is 2.46. The molecule has 0 unspecified atom stereocenters. The standard InChI is InChI=1S/C4H4O4.ClH.H2O4S/c5-3(6)1-2-4(7)8;;1-5(2,3)4/h1-2H,(H,5,6)(H,7,8);1H;(H2,1,2,3,4). The van der Waals surface area contributed by atoms with Crippen LogP contribution in [-0.4, -0.2) is 39.7 Å². The SMILES string of the molecule is Cl.O=C(O)C=CC(=O)O.O=S(=O)(O)O. The first-order valence-corrected chi connectivity index (χ1v) is 3.86. The van der Waals surface area contributed by atoms with Crippen LogP contribution >= 0.6 is 12.4 Å². The van der Waals surface area contributed by atoms with Crippen LogP contribution in [0, 0.1) is 0 Å². The molecule has 0 aromatic carbocycles. The summed E-state index contributed by atoms with van der Waals surface area (Å²) in [4.78, 5) is 19.1. The fraction of sp³-hybridized carbons (Fsp3) is 0. The second kappa shape index (κ2) is 8.44. The van der Waals surface area contributed by atoms with Crippen molar-refractivity contribution in [2.75, 3.05) is 0 Å². The molecule has 84 valence electrons. The molecule has 0 spiro atoms. The van der Waals surface area contributed by atoms with E-state index < -0.39 is 22.3 Å². The zero-order valence-corrected chi connectivity index (χ0v) is 8.03. The quantitative estimate of drug-likeness (QED) is 0.378. The fourth-order valence-corrected chi connectivity index (χ4v) is 0.143. The molecule has 0 rings (SSSR count). The topological polar surface area (TPSA) is 149 Å². The second-order valence-corrected chi connectivity index (χ2v) is 2.35. The Morgan fingerprint density at radius 2 is 1.07 bits per heavy atom. The minimum atomic E-state index is -4.67. The van der Waals surface area contributed by atoms with Crippen molar-refractivity contribution in [2.24, 2.45) is 0 Å². The molecule has 4 N–H and O–H groups in total. The number of carbonyl (C=O) groups is 2. The van der Waals surface area contributed by atoms with E-state index in [4.69, 9.17) is 27.7 Å². The summed E-state index contributed by atoms with van der Waals surface area (Å²) in [6.45, 7) is 0. The maximum atomic E-state index is 9.55. The molecule has 0 aliphatic heterocycles. The normalized spacial score (nSPS) is 9.57. The molecule has 0 atom stereocenters. The molecule has 0 amide bonds. The first-order chi connectivity index (χ1) is 5.63. The highest BCUT2D eigenvalue weighted by atomic mass is 35.5. The summed E-state index contributed by atoms with van der Waals surface area (Å²) in [6, 6.07) is 0. The third kappa shape index (κ3) is 71.2. The van der Waals surface area contributed by atoms with Gasteiger partial charge in [0, 0.05) is 12.2 Å². The minimum absolute atomic E-state index is 0. The molecule has 14 heavy (non-hydrogen) atoms. The predicted molar refractivity (Wildman–Crippen MR) is 45.8 cm³/mol. The molecular weight excluding hydrogens is 244 g/mol. The summed E-state index contributed by atoms with van der Waals surface area (Å²) in [5, 5.41) is 15.6. The molecule has 0 saturated heterocycles. The smallest absolute Gasteiger partial charge is 0.394 e. The average Bonchev–Trinajstić information content (AvgIpc) is 1.79. The molecule has 0 saturated carbocycles. The van der Waals surface area contributed by atoms with Crippen LogP contribution in [0.1, 0.15) is 0 Å². The van der Waals surface area contributed by atoms with Gasteiger partial charge in [0.15, 0.2) is 0 Å². The molecule has 0 aliphatic carbocycles. The van der Waals surface area contributed by atoms with Gasteiger partial charge < -0.3 is 10.2 Å². The first kappa shape index (κ1) is 18.6. The number of rotatable bonds is 2. The largest absolute Gasteiger partial charge is 0.478 e. The van der Waals surface area contributed by atoms with Gasteiger partial charge in [0.25, 0.3) is 0 Å². The summed E-state index contributed by atoms with van der Waals surface area (Å²) in [7, 11) is -4.67.